The fraction of sp³-hybridized carbons (Fsp3) is 0.714. The number of epoxide rings is 1. The molecule has 3 heterocycles. The van der Waals surface area contributed by atoms with Crippen LogP contribution in [-0.4, -0.2) is 57.0 Å². The Hall–Kier alpha value is -2.12. The van der Waals surface area contributed by atoms with Crippen molar-refractivity contribution in [2.24, 2.45) is 17.3 Å². The Labute approximate surface area is 223 Å². The lowest BCUT2D eigenvalue weighted by molar-refractivity contribution is -0.154. The highest BCUT2D eigenvalue weighted by Crippen LogP contribution is 2.45. The third kappa shape index (κ3) is 7.05. The van der Waals surface area contributed by atoms with Crippen LogP contribution in [0.15, 0.2) is 11.0 Å². The van der Waals surface area contributed by atoms with Crippen molar-refractivity contribution in [2.45, 2.75) is 110 Å². The largest absolute Gasteiger partial charge is 0.458 e. The zero-order valence-corrected chi connectivity index (χ0v) is 23.5. The molecule has 0 amide bonds. The summed E-state index contributed by atoms with van der Waals surface area (Å²) in [5.74, 6) is -1.65. The SMILES string of the molecule is CC(=Cc1csc(CC#N)n1)[C@@H]1C[C@@H]2O[C@]2(C)CCC[C@H](C)C(O)[C@@H](C)C(=O)C(C)(C)[C@@H](O)CC(=O)O1. The molecule has 3 rings (SSSR count). The van der Waals surface area contributed by atoms with Gasteiger partial charge in [0.1, 0.15) is 16.9 Å². The number of hydrogen-bond acceptors (Lipinski definition) is 9. The number of thiazole rings is 1. The number of esters is 1. The molecule has 2 aliphatic heterocycles. The van der Waals surface area contributed by atoms with E-state index in [1.54, 1.807) is 20.8 Å². The van der Waals surface area contributed by atoms with Crippen molar-refractivity contribution >= 4 is 29.2 Å². The molecule has 0 aromatic carbocycles. The van der Waals surface area contributed by atoms with Crippen molar-refractivity contribution in [3.8, 4) is 6.07 Å². The van der Waals surface area contributed by atoms with E-state index in [2.05, 4.69) is 11.1 Å². The number of aromatic nitrogens is 1. The Morgan fingerprint density at radius 2 is 2.00 bits per heavy atom. The molecule has 7 atom stereocenters. The molecule has 1 aromatic heterocycles. The van der Waals surface area contributed by atoms with Gasteiger partial charge in [-0.1, -0.05) is 34.1 Å². The van der Waals surface area contributed by atoms with Gasteiger partial charge in [-0.2, -0.15) is 5.26 Å². The summed E-state index contributed by atoms with van der Waals surface area (Å²) >= 11 is 1.41. The highest BCUT2D eigenvalue weighted by Gasteiger charge is 2.53. The van der Waals surface area contributed by atoms with Crippen LogP contribution < -0.4 is 0 Å². The number of carbonyl (C=O) groups excluding carboxylic acids is 2. The van der Waals surface area contributed by atoms with Crippen molar-refractivity contribution in [2.75, 3.05) is 0 Å². The van der Waals surface area contributed by atoms with Crippen molar-refractivity contribution in [3.05, 3.63) is 21.7 Å². The van der Waals surface area contributed by atoms with Crippen LogP contribution in [0.25, 0.3) is 6.08 Å². The summed E-state index contributed by atoms with van der Waals surface area (Å²) in [7, 11) is 0. The normalized spacial score (nSPS) is 35.8. The zero-order valence-electron chi connectivity index (χ0n) is 22.7. The number of aliphatic hydroxyl groups excluding tert-OH is 2. The van der Waals surface area contributed by atoms with E-state index in [0.717, 1.165) is 29.8 Å². The number of ketones is 1. The van der Waals surface area contributed by atoms with Crippen molar-refractivity contribution in [1.82, 2.24) is 4.98 Å². The minimum Gasteiger partial charge on any atom is -0.458 e. The number of nitrogens with zero attached hydrogens (tertiary/aromatic N) is 2. The second-order valence-electron chi connectivity index (χ2n) is 11.5. The van der Waals surface area contributed by atoms with Crippen LogP contribution in [0.5, 0.6) is 0 Å². The number of cyclic esters (lactones) is 1. The van der Waals surface area contributed by atoms with Crippen LogP contribution in [0.2, 0.25) is 0 Å². The van der Waals surface area contributed by atoms with Crippen molar-refractivity contribution < 1.29 is 29.3 Å². The highest BCUT2D eigenvalue weighted by atomic mass is 32.1. The summed E-state index contributed by atoms with van der Waals surface area (Å²) < 4.78 is 11.9. The second-order valence-corrected chi connectivity index (χ2v) is 12.4. The fourth-order valence-electron chi connectivity index (χ4n) is 5.16. The molecule has 2 fully saturated rings. The monoisotopic (exact) mass is 532 g/mol. The van der Waals surface area contributed by atoms with Crippen LogP contribution in [0.3, 0.4) is 0 Å². The lowest BCUT2D eigenvalue weighted by Gasteiger charge is -2.34. The van der Waals surface area contributed by atoms with Crippen LogP contribution in [0, 0.1) is 28.6 Å². The molecule has 0 aliphatic carbocycles. The average Bonchev–Trinajstić information content (AvgIpc) is 3.24. The number of fused-ring (bicyclic) bond motifs is 1. The maximum atomic E-state index is 13.2. The highest BCUT2D eigenvalue weighted by molar-refractivity contribution is 7.09. The fourth-order valence-corrected chi connectivity index (χ4v) is 5.84. The number of rotatable bonds is 3. The van der Waals surface area contributed by atoms with E-state index in [-0.39, 0.29) is 36.2 Å². The molecular weight excluding hydrogens is 492 g/mol. The molecule has 37 heavy (non-hydrogen) atoms. The maximum Gasteiger partial charge on any atom is 0.309 e. The smallest absolute Gasteiger partial charge is 0.309 e. The molecule has 1 aromatic rings. The second kappa shape index (κ2) is 11.7. The van der Waals surface area contributed by atoms with Crippen LogP contribution >= 0.6 is 11.3 Å². The zero-order chi connectivity index (χ0) is 27.5. The topological polar surface area (TPSA) is 133 Å². The number of hydrogen-bond donors (Lipinski definition) is 2. The number of Topliss-reactive ketones (excluding diaryl/α,β-unsaturated/α-hetero) is 1. The third-order valence-corrected chi connectivity index (χ3v) is 8.96. The predicted octanol–water partition coefficient (Wildman–Crippen LogP) is 4.24. The molecule has 204 valence electrons. The van der Waals surface area contributed by atoms with Gasteiger partial charge < -0.3 is 19.7 Å². The van der Waals surface area contributed by atoms with E-state index in [4.69, 9.17) is 14.7 Å². The quantitative estimate of drug-likeness (QED) is 0.436. The lowest BCUT2D eigenvalue weighted by atomic mass is 9.73. The number of carbonyl (C=O) groups is 2. The molecule has 9 heteroatoms. The first-order valence-corrected chi connectivity index (χ1v) is 13.9. The standard InChI is InChI=1S/C28H40N2O6S/c1-16-8-7-10-28(6)22(36-28)13-20(17(2)12-19-15-37-23(30-19)9-11-29)35-24(32)14-21(31)27(4,5)26(34)18(3)25(16)33/h12,15-16,18,20-22,25,31,33H,7-10,13-14H2,1-6H3/t16-,18+,20-,21-,22-,25?,28+/m0/s1. The molecule has 0 radical (unpaired) electrons. The first kappa shape index (κ1) is 29.4. The Kier molecular flexibility index (Phi) is 9.33. The van der Waals surface area contributed by atoms with E-state index < -0.39 is 35.6 Å². The molecule has 0 spiro atoms. The molecule has 2 aliphatic rings. The predicted molar refractivity (Wildman–Crippen MR) is 140 cm³/mol. The molecule has 2 saturated heterocycles. The summed E-state index contributed by atoms with van der Waals surface area (Å²) in [5.41, 5.74) is -0.0806. The van der Waals surface area contributed by atoms with Gasteiger partial charge >= 0.3 is 5.97 Å². The van der Waals surface area contributed by atoms with Gasteiger partial charge in [-0.05, 0) is 44.3 Å². The van der Waals surface area contributed by atoms with Gasteiger partial charge in [0.2, 0.25) is 0 Å². The molecule has 8 nitrogen and oxygen atoms in total. The third-order valence-electron chi connectivity index (χ3n) is 8.09. The number of aliphatic hydroxyl groups is 2. The van der Waals surface area contributed by atoms with Gasteiger partial charge in [0.15, 0.2) is 0 Å². The van der Waals surface area contributed by atoms with Gasteiger partial charge in [-0.15, -0.1) is 11.3 Å². The Bertz CT molecular complexity index is 1060. The van der Waals surface area contributed by atoms with E-state index in [0.29, 0.717) is 12.1 Å². The average molecular weight is 533 g/mol. The Morgan fingerprint density at radius 3 is 2.68 bits per heavy atom. The van der Waals surface area contributed by atoms with E-state index >= 15 is 0 Å². The minimum absolute atomic E-state index is 0.0896. The van der Waals surface area contributed by atoms with Gasteiger partial charge in [-0.3, -0.25) is 9.59 Å². The molecule has 0 saturated carbocycles. The van der Waals surface area contributed by atoms with Crippen LogP contribution in [0.4, 0.5) is 0 Å². The van der Waals surface area contributed by atoms with Crippen LogP contribution in [-0.2, 0) is 25.5 Å². The number of ether oxygens (including phenoxy) is 2. The lowest BCUT2D eigenvalue weighted by Crippen LogP contribution is -2.45. The molecule has 0 bridgehead atoms. The minimum atomic E-state index is -1.26. The Balaban J connectivity index is 1.85. The van der Waals surface area contributed by atoms with Crippen molar-refractivity contribution in [1.29, 1.82) is 5.26 Å². The summed E-state index contributed by atoms with van der Waals surface area (Å²) in [6.45, 7) is 10.8. The first-order chi connectivity index (χ1) is 17.3. The summed E-state index contributed by atoms with van der Waals surface area (Å²) in [5, 5.41) is 33.2. The van der Waals surface area contributed by atoms with Gasteiger partial charge in [0, 0.05) is 17.7 Å². The summed E-state index contributed by atoms with van der Waals surface area (Å²) in [4.78, 5) is 30.7. The van der Waals surface area contributed by atoms with E-state index in [9.17, 15) is 19.8 Å². The van der Waals surface area contributed by atoms with E-state index in [1.165, 1.54) is 11.3 Å². The molecule has 2 N–H and O–H groups in total. The van der Waals surface area contributed by atoms with Crippen molar-refractivity contribution in [3.63, 3.8) is 0 Å². The van der Waals surface area contributed by atoms with Gasteiger partial charge in [-0.25, -0.2) is 4.98 Å². The maximum absolute atomic E-state index is 13.2. The van der Waals surface area contributed by atoms with Crippen LogP contribution in [0.1, 0.15) is 84.3 Å². The van der Waals surface area contributed by atoms with Gasteiger partial charge in [0.05, 0.1) is 53.9 Å². The Morgan fingerprint density at radius 1 is 1.30 bits per heavy atom. The summed E-state index contributed by atoms with van der Waals surface area (Å²) in [6.07, 6.45) is 1.83. The molecule has 1 unspecified atom stereocenters. The van der Waals surface area contributed by atoms with E-state index in [1.807, 2.05) is 32.2 Å². The summed E-state index contributed by atoms with van der Waals surface area (Å²) in [6, 6.07) is 2.09. The number of nitriles is 1. The van der Waals surface area contributed by atoms with Gasteiger partial charge in [0.25, 0.3) is 0 Å². The molecular formula is C28H40N2O6S. The first-order valence-electron chi connectivity index (χ1n) is 13.1.